The highest BCUT2D eigenvalue weighted by atomic mass is 28.3. The van der Waals surface area contributed by atoms with Gasteiger partial charge in [0.25, 0.3) is 0 Å². The molecule has 1 aliphatic heterocycles. The summed E-state index contributed by atoms with van der Waals surface area (Å²) in [6.07, 6.45) is 2.37. The lowest BCUT2D eigenvalue weighted by Crippen LogP contribution is -2.38. The minimum atomic E-state index is -2.53. The van der Waals surface area contributed by atoms with Gasteiger partial charge in [0.2, 0.25) is 5.92 Å². The molecule has 2 rings (SSSR count). The van der Waals surface area contributed by atoms with Crippen molar-refractivity contribution >= 4 is 8.07 Å². The Balaban J connectivity index is 2.06. The van der Waals surface area contributed by atoms with Crippen LogP contribution in [0.1, 0.15) is 25.7 Å². The maximum atomic E-state index is 13.1. The molecule has 1 fully saturated rings. The highest BCUT2D eigenvalue weighted by Crippen LogP contribution is 2.42. The monoisotopic (exact) mass is 271 g/mol. The van der Waals surface area contributed by atoms with Crippen molar-refractivity contribution in [3.63, 3.8) is 0 Å². The van der Waals surface area contributed by atoms with Crippen LogP contribution < -0.4 is 5.48 Å². The summed E-state index contributed by atoms with van der Waals surface area (Å²) in [4.78, 5) is 5.49. The molecule has 0 atom stereocenters. The van der Waals surface area contributed by atoms with Crippen molar-refractivity contribution in [1.82, 2.24) is 5.48 Å². The van der Waals surface area contributed by atoms with E-state index in [1.54, 1.807) is 0 Å². The van der Waals surface area contributed by atoms with E-state index >= 15 is 0 Å². The Bertz CT molecular complexity index is 418. The summed E-state index contributed by atoms with van der Waals surface area (Å²) in [6, 6.07) is 0. The van der Waals surface area contributed by atoms with Crippen molar-refractivity contribution in [2.75, 3.05) is 0 Å². The molecule has 2 aliphatic rings. The van der Waals surface area contributed by atoms with Gasteiger partial charge in [0.05, 0.1) is 0 Å². The second-order valence-electron chi connectivity index (χ2n) is 6.18. The summed E-state index contributed by atoms with van der Waals surface area (Å²) in [5, 5.41) is 0. The van der Waals surface area contributed by atoms with Gasteiger partial charge in [-0.2, -0.15) is 0 Å². The van der Waals surface area contributed by atoms with E-state index in [4.69, 9.17) is 4.84 Å². The van der Waals surface area contributed by atoms with Gasteiger partial charge >= 0.3 is 0 Å². The van der Waals surface area contributed by atoms with E-state index in [0.29, 0.717) is 12.8 Å². The fourth-order valence-corrected chi connectivity index (χ4v) is 2.59. The van der Waals surface area contributed by atoms with E-state index in [-0.39, 0.29) is 12.8 Å². The average Bonchev–Trinajstić information content (AvgIpc) is 2.64. The Kier molecular flexibility index (Phi) is 3.28. The van der Waals surface area contributed by atoms with Crippen molar-refractivity contribution in [2.45, 2.75) is 56.8 Å². The molecule has 0 bridgehead atoms. The first-order valence-electron chi connectivity index (χ1n) is 6.28. The van der Waals surface area contributed by atoms with Crippen LogP contribution in [0.3, 0.4) is 0 Å². The molecule has 2 nitrogen and oxygen atoms in total. The van der Waals surface area contributed by atoms with E-state index in [2.05, 4.69) is 36.6 Å². The van der Waals surface area contributed by atoms with Gasteiger partial charge in [-0.15, -0.1) is 5.54 Å². The molecular formula is C13H19F2NOSi. The number of rotatable bonds is 0. The number of halogens is 2. The first-order chi connectivity index (χ1) is 8.20. The smallest absolute Gasteiger partial charge is 0.248 e. The van der Waals surface area contributed by atoms with Crippen molar-refractivity contribution in [3.05, 3.63) is 11.8 Å². The lowest BCUT2D eigenvalue weighted by atomic mass is 9.82. The molecule has 5 heteroatoms. The Morgan fingerprint density at radius 2 is 1.83 bits per heavy atom. The van der Waals surface area contributed by atoms with E-state index in [9.17, 15) is 8.78 Å². The molecule has 0 aromatic carbocycles. The van der Waals surface area contributed by atoms with Crippen molar-refractivity contribution in [2.24, 2.45) is 0 Å². The van der Waals surface area contributed by atoms with Gasteiger partial charge in [0.1, 0.15) is 19.4 Å². The first kappa shape index (κ1) is 13.6. The largest absolute Gasteiger partial charge is 0.265 e. The van der Waals surface area contributed by atoms with Crippen LogP contribution in [0.2, 0.25) is 19.6 Å². The van der Waals surface area contributed by atoms with Crippen LogP contribution in [0.5, 0.6) is 0 Å². The first-order valence-corrected chi connectivity index (χ1v) is 9.78. The van der Waals surface area contributed by atoms with Gasteiger partial charge in [-0.05, 0) is 18.9 Å². The highest BCUT2D eigenvalue weighted by Gasteiger charge is 2.45. The number of hydroxylamine groups is 1. The van der Waals surface area contributed by atoms with Crippen LogP contribution >= 0.6 is 0 Å². The lowest BCUT2D eigenvalue weighted by molar-refractivity contribution is -0.122. The summed E-state index contributed by atoms with van der Waals surface area (Å²) in [6.45, 7) is 6.48. The third kappa shape index (κ3) is 3.33. The van der Waals surface area contributed by atoms with Crippen LogP contribution in [-0.2, 0) is 4.84 Å². The predicted octanol–water partition coefficient (Wildman–Crippen LogP) is 3.23. The van der Waals surface area contributed by atoms with Gasteiger partial charge in [-0.1, -0.05) is 25.6 Å². The Hall–Kier alpha value is -0.863. The molecule has 1 saturated carbocycles. The highest BCUT2D eigenvalue weighted by molar-refractivity contribution is 6.83. The van der Waals surface area contributed by atoms with E-state index in [1.165, 1.54) is 0 Å². The van der Waals surface area contributed by atoms with Crippen LogP contribution in [0.25, 0.3) is 0 Å². The van der Waals surface area contributed by atoms with E-state index in [1.807, 2.05) is 6.08 Å². The minimum Gasteiger partial charge on any atom is -0.265 e. The molecule has 0 aromatic rings. The fourth-order valence-electron chi connectivity index (χ4n) is 2.08. The molecule has 0 saturated heterocycles. The Morgan fingerprint density at radius 1 is 1.22 bits per heavy atom. The minimum absolute atomic E-state index is 0.111. The average molecular weight is 271 g/mol. The summed E-state index contributed by atoms with van der Waals surface area (Å²) < 4.78 is 26.2. The van der Waals surface area contributed by atoms with Crippen LogP contribution in [0, 0.1) is 11.5 Å². The number of hydrogen-bond acceptors (Lipinski definition) is 2. The zero-order chi connectivity index (χ0) is 13.4. The maximum Gasteiger partial charge on any atom is 0.248 e. The van der Waals surface area contributed by atoms with Crippen molar-refractivity contribution < 1.29 is 13.6 Å². The Labute approximate surface area is 108 Å². The van der Waals surface area contributed by atoms with Gasteiger partial charge in [0, 0.05) is 12.8 Å². The zero-order valence-electron chi connectivity index (χ0n) is 11.1. The van der Waals surface area contributed by atoms with Crippen LogP contribution in [0.15, 0.2) is 11.8 Å². The number of hydrogen-bond donors (Lipinski definition) is 1. The van der Waals surface area contributed by atoms with Gasteiger partial charge in [0.15, 0.2) is 0 Å². The summed E-state index contributed by atoms with van der Waals surface area (Å²) >= 11 is 0. The number of nitrogens with one attached hydrogen (secondary N) is 1. The predicted molar refractivity (Wildman–Crippen MR) is 69.6 cm³/mol. The quantitative estimate of drug-likeness (QED) is 0.539. The summed E-state index contributed by atoms with van der Waals surface area (Å²) in [5.41, 5.74) is 6.17. The molecule has 1 heterocycles. The van der Waals surface area contributed by atoms with E-state index in [0.717, 1.165) is 5.70 Å². The lowest BCUT2D eigenvalue weighted by Gasteiger charge is -2.33. The standard InChI is InChI=1S/C13H19F2NOSi/c1-18(2,3)9-4-11-10-12(17-16-11)5-7-13(14,15)8-6-12/h10,16H,5-8H2,1-3H3. The van der Waals surface area contributed by atoms with Crippen LogP contribution in [0.4, 0.5) is 8.78 Å². The molecule has 100 valence electrons. The third-order valence-electron chi connectivity index (χ3n) is 3.17. The summed E-state index contributed by atoms with van der Waals surface area (Å²) in [5.74, 6) is 0.531. The topological polar surface area (TPSA) is 21.3 Å². The molecule has 18 heavy (non-hydrogen) atoms. The molecule has 0 aromatic heterocycles. The maximum absolute atomic E-state index is 13.1. The number of alkyl halides is 2. The third-order valence-corrected chi connectivity index (χ3v) is 4.05. The molecule has 0 unspecified atom stereocenters. The molecule has 0 radical (unpaired) electrons. The second kappa shape index (κ2) is 4.36. The van der Waals surface area contributed by atoms with Crippen molar-refractivity contribution in [1.29, 1.82) is 0 Å². The van der Waals surface area contributed by atoms with Crippen LogP contribution in [-0.4, -0.2) is 19.6 Å². The van der Waals surface area contributed by atoms with E-state index < -0.39 is 19.6 Å². The molecular weight excluding hydrogens is 252 g/mol. The molecule has 1 spiro atoms. The Morgan fingerprint density at radius 3 is 2.39 bits per heavy atom. The molecule has 1 N–H and O–H groups in total. The SMILES string of the molecule is C[Si](C)(C)C#CC1=CC2(CCC(F)(F)CC2)ON1. The van der Waals surface area contributed by atoms with Crippen molar-refractivity contribution in [3.8, 4) is 11.5 Å². The molecule has 1 aliphatic carbocycles. The van der Waals surface area contributed by atoms with Gasteiger partial charge < -0.3 is 0 Å². The molecule has 0 amide bonds. The summed E-state index contributed by atoms with van der Waals surface area (Å²) in [7, 11) is -1.43. The second-order valence-corrected chi connectivity index (χ2v) is 10.9. The zero-order valence-corrected chi connectivity index (χ0v) is 12.1. The normalized spacial score (nSPS) is 25.1. The number of allylic oxidation sites excluding steroid dienone is 1. The fraction of sp³-hybridized carbons (Fsp3) is 0.692. The van der Waals surface area contributed by atoms with Gasteiger partial charge in [-0.3, -0.25) is 10.3 Å². The van der Waals surface area contributed by atoms with Gasteiger partial charge in [-0.25, -0.2) is 8.78 Å².